The molecular formula is C10H18F2N2. The Labute approximate surface area is 83.4 Å². The zero-order valence-corrected chi connectivity index (χ0v) is 8.36. The second kappa shape index (κ2) is 4.11. The van der Waals surface area contributed by atoms with E-state index in [-0.39, 0.29) is 6.42 Å². The lowest BCUT2D eigenvalue weighted by atomic mass is 9.91. The van der Waals surface area contributed by atoms with E-state index in [4.69, 9.17) is 0 Å². The average molecular weight is 204 g/mol. The molecule has 2 N–H and O–H groups in total. The number of alkyl halides is 2. The minimum Gasteiger partial charge on any atom is -0.313 e. The molecule has 0 bridgehead atoms. The van der Waals surface area contributed by atoms with Crippen molar-refractivity contribution in [3.63, 3.8) is 0 Å². The van der Waals surface area contributed by atoms with Crippen LogP contribution < -0.4 is 10.6 Å². The van der Waals surface area contributed by atoms with E-state index in [1.807, 2.05) is 0 Å². The molecule has 1 saturated carbocycles. The van der Waals surface area contributed by atoms with Crippen molar-refractivity contribution in [3.8, 4) is 0 Å². The standard InChI is InChI=1S/C10H18F2N2/c11-10(12)5-2-1-3-9(10)14-7-8-4-6-13-8/h8-9,13-14H,1-7H2. The first-order valence-electron chi connectivity index (χ1n) is 5.53. The minimum absolute atomic E-state index is 0.0583. The predicted octanol–water partition coefficient (Wildman–Crippen LogP) is 1.52. The molecule has 2 aliphatic rings. The summed E-state index contributed by atoms with van der Waals surface area (Å²) in [6.45, 7) is 1.73. The average Bonchev–Trinajstić information content (AvgIpc) is 2.04. The molecule has 14 heavy (non-hydrogen) atoms. The second-order valence-electron chi connectivity index (χ2n) is 4.41. The van der Waals surface area contributed by atoms with E-state index in [0.29, 0.717) is 25.4 Å². The first-order chi connectivity index (χ1) is 6.68. The monoisotopic (exact) mass is 204 g/mol. The first kappa shape index (κ1) is 10.3. The minimum atomic E-state index is -2.48. The summed E-state index contributed by atoms with van der Waals surface area (Å²) in [6, 6.07) is -0.161. The topological polar surface area (TPSA) is 24.1 Å². The lowest BCUT2D eigenvalue weighted by molar-refractivity contribution is -0.0643. The molecule has 1 saturated heterocycles. The zero-order chi connectivity index (χ0) is 10.0. The number of halogens is 2. The van der Waals surface area contributed by atoms with Gasteiger partial charge in [-0.2, -0.15) is 0 Å². The molecule has 1 heterocycles. The van der Waals surface area contributed by atoms with Gasteiger partial charge in [0.25, 0.3) is 5.92 Å². The van der Waals surface area contributed by atoms with Crippen LogP contribution in [-0.4, -0.2) is 31.1 Å². The van der Waals surface area contributed by atoms with E-state index in [0.717, 1.165) is 19.4 Å². The van der Waals surface area contributed by atoms with Gasteiger partial charge in [-0.3, -0.25) is 0 Å². The fraction of sp³-hybridized carbons (Fsp3) is 1.00. The summed E-state index contributed by atoms with van der Waals surface area (Å²) in [6.07, 6.45) is 3.41. The van der Waals surface area contributed by atoms with Crippen LogP contribution in [-0.2, 0) is 0 Å². The number of hydrogen-bond acceptors (Lipinski definition) is 2. The van der Waals surface area contributed by atoms with Crippen molar-refractivity contribution in [1.82, 2.24) is 10.6 Å². The lowest BCUT2D eigenvalue weighted by Crippen LogP contribution is -2.55. The molecule has 0 radical (unpaired) electrons. The highest BCUT2D eigenvalue weighted by atomic mass is 19.3. The first-order valence-corrected chi connectivity index (χ1v) is 5.53. The summed E-state index contributed by atoms with van der Waals surface area (Å²) < 4.78 is 26.7. The van der Waals surface area contributed by atoms with Crippen LogP contribution in [0, 0.1) is 0 Å². The molecule has 1 aliphatic heterocycles. The zero-order valence-electron chi connectivity index (χ0n) is 8.36. The third-order valence-electron chi connectivity index (χ3n) is 3.30. The molecular weight excluding hydrogens is 186 g/mol. The molecule has 2 rings (SSSR count). The van der Waals surface area contributed by atoms with E-state index in [9.17, 15) is 8.78 Å². The van der Waals surface area contributed by atoms with Crippen LogP contribution >= 0.6 is 0 Å². The highest BCUT2D eigenvalue weighted by molar-refractivity contribution is 4.89. The molecule has 2 nitrogen and oxygen atoms in total. The fourth-order valence-corrected chi connectivity index (χ4v) is 2.15. The van der Waals surface area contributed by atoms with Crippen molar-refractivity contribution >= 4 is 0 Å². The van der Waals surface area contributed by atoms with Crippen LogP contribution in [0.15, 0.2) is 0 Å². The van der Waals surface area contributed by atoms with Gasteiger partial charge in [0.05, 0.1) is 6.04 Å². The highest BCUT2D eigenvalue weighted by Gasteiger charge is 2.41. The Morgan fingerprint density at radius 3 is 2.64 bits per heavy atom. The fourth-order valence-electron chi connectivity index (χ4n) is 2.15. The van der Waals surface area contributed by atoms with Crippen molar-refractivity contribution in [2.24, 2.45) is 0 Å². The molecule has 0 aromatic rings. The largest absolute Gasteiger partial charge is 0.313 e. The van der Waals surface area contributed by atoms with E-state index < -0.39 is 12.0 Å². The molecule has 2 unspecified atom stereocenters. The third-order valence-corrected chi connectivity index (χ3v) is 3.30. The lowest BCUT2D eigenvalue weighted by Gasteiger charge is -2.35. The Morgan fingerprint density at radius 2 is 2.07 bits per heavy atom. The maximum atomic E-state index is 13.4. The van der Waals surface area contributed by atoms with Crippen molar-refractivity contribution < 1.29 is 8.78 Å². The molecule has 2 fully saturated rings. The van der Waals surface area contributed by atoms with Crippen LogP contribution in [0.2, 0.25) is 0 Å². The second-order valence-corrected chi connectivity index (χ2v) is 4.41. The van der Waals surface area contributed by atoms with E-state index in [1.165, 1.54) is 0 Å². The third kappa shape index (κ3) is 2.23. The Balaban J connectivity index is 1.76. The maximum Gasteiger partial charge on any atom is 0.263 e. The van der Waals surface area contributed by atoms with Crippen LogP contribution in [0.1, 0.15) is 32.1 Å². The molecule has 1 aliphatic carbocycles. The number of nitrogens with one attached hydrogen (secondary N) is 2. The summed E-state index contributed by atoms with van der Waals surface area (Å²) in [7, 11) is 0. The van der Waals surface area contributed by atoms with Gasteiger partial charge in [-0.25, -0.2) is 8.78 Å². The summed E-state index contributed by atoms with van der Waals surface area (Å²) >= 11 is 0. The van der Waals surface area contributed by atoms with Gasteiger partial charge in [-0.15, -0.1) is 0 Å². The van der Waals surface area contributed by atoms with Gasteiger partial charge in [-0.05, 0) is 25.8 Å². The molecule has 4 heteroatoms. The molecule has 0 amide bonds. The molecule has 0 spiro atoms. The van der Waals surface area contributed by atoms with E-state index in [2.05, 4.69) is 10.6 Å². The van der Waals surface area contributed by atoms with Gasteiger partial charge in [0, 0.05) is 19.0 Å². The maximum absolute atomic E-state index is 13.4. The SMILES string of the molecule is FC1(F)CCCCC1NCC1CCN1. The van der Waals surface area contributed by atoms with E-state index in [1.54, 1.807) is 0 Å². The Hall–Kier alpha value is -0.220. The normalized spacial score (nSPS) is 36.4. The van der Waals surface area contributed by atoms with Crippen LogP contribution in [0.3, 0.4) is 0 Å². The quantitative estimate of drug-likeness (QED) is 0.728. The van der Waals surface area contributed by atoms with Crippen LogP contribution in [0.5, 0.6) is 0 Å². The van der Waals surface area contributed by atoms with Gasteiger partial charge >= 0.3 is 0 Å². The van der Waals surface area contributed by atoms with Gasteiger partial charge in [-0.1, -0.05) is 6.42 Å². The molecule has 0 aromatic carbocycles. The summed E-state index contributed by atoms with van der Waals surface area (Å²) in [5.41, 5.74) is 0. The van der Waals surface area contributed by atoms with Crippen molar-refractivity contribution in [1.29, 1.82) is 0 Å². The summed E-state index contributed by atoms with van der Waals surface area (Å²) in [5.74, 6) is -2.48. The summed E-state index contributed by atoms with van der Waals surface area (Å²) in [5, 5.41) is 6.21. The van der Waals surface area contributed by atoms with Gasteiger partial charge in [0.1, 0.15) is 0 Å². The van der Waals surface area contributed by atoms with Gasteiger partial charge in [0.15, 0.2) is 0 Å². The van der Waals surface area contributed by atoms with E-state index >= 15 is 0 Å². The molecule has 82 valence electrons. The predicted molar refractivity (Wildman–Crippen MR) is 51.6 cm³/mol. The number of rotatable bonds is 3. The van der Waals surface area contributed by atoms with Crippen molar-refractivity contribution in [2.45, 2.75) is 50.1 Å². The summed E-state index contributed by atoms with van der Waals surface area (Å²) in [4.78, 5) is 0. The smallest absolute Gasteiger partial charge is 0.263 e. The van der Waals surface area contributed by atoms with Crippen molar-refractivity contribution in [2.75, 3.05) is 13.1 Å². The van der Waals surface area contributed by atoms with Crippen molar-refractivity contribution in [3.05, 3.63) is 0 Å². The van der Waals surface area contributed by atoms with Crippen LogP contribution in [0.4, 0.5) is 8.78 Å². The molecule has 0 aromatic heterocycles. The van der Waals surface area contributed by atoms with Gasteiger partial charge in [0.2, 0.25) is 0 Å². The molecule has 2 atom stereocenters. The van der Waals surface area contributed by atoms with Crippen LogP contribution in [0.25, 0.3) is 0 Å². The Kier molecular flexibility index (Phi) is 3.02. The van der Waals surface area contributed by atoms with Gasteiger partial charge < -0.3 is 10.6 Å². The number of hydrogen-bond donors (Lipinski definition) is 2. The Bertz CT molecular complexity index is 193. The highest BCUT2D eigenvalue weighted by Crippen LogP contribution is 2.33. The Morgan fingerprint density at radius 1 is 1.29 bits per heavy atom.